The fourth-order valence-corrected chi connectivity index (χ4v) is 1.20. The van der Waals surface area contributed by atoms with Crippen LogP contribution in [0.2, 0.25) is 0 Å². The first-order valence-electron chi connectivity index (χ1n) is 3.82. The minimum absolute atomic E-state index is 0.266. The van der Waals surface area contributed by atoms with Crippen molar-refractivity contribution in [3.05, 3.63) is 5.21 Å². The second-order valence-corrected chi connectivity index (χ2v) is 3.16. The average Bonchev–Trinajstić information content (AvgIpc) is 1.95. The quantitative estimate of drug-likeness (QED) is 0.362. The summed E-state index contributed by atoms with van der Waals surface area (Å²) >= 11 is 0. The molecule has 0 saturated carbocycles. The van der Waals surface area contributed by atoms with Crippen molar-refractivity contribution < 1.29 is 9.44 Å². The van der Waals surface area contributed by atoms with E-state index in [1.54, 1.807) is 0 Å². The van der Waals surface area contributed by atoms with Gasteiger partial charge in [0.25, 0.3) is 0 Å². The Hall–Kier alpha value is -0.450. The lowest BCUT2D eigenvalue weighted by Crippen LogP contribution is -2.57. The number of rotatable bonds is 0. The number of hydrogen-bond donors (Lipinski definition) is 0. The molecule has 1 aliphatic rings. The molecule has 11 heavy (non-hydrogen) atoms. The Morgan fingerprint density at radius 2 is 1.91 bits per heavy atom. The van der Waals surface area contributed by atoms with Gasteiger partial charge in [-0.3, -0.25) is 9.55 Å². The van der Waals surface area contributed by atoms with E-state index < -0.39 is 4.65 Å². The Morgan fingerprint density at radius 1 is 1.45 bits per heavy atom. The summed E-state index contributed by atoms with van der Waals surface area (Å²) in [5.41, 5.74) is 0. The average molecular weight is 158 g/mol. The first kappa shape index (κ1) is 8.64. The summed E-state index contributed by atoms with van der Waals surface area (Å²) in [7, 11) is 1.96. The van der Waals surface area contributed by atoms with Gasteiger partial charge in [0, 0.05) is 13.1 Å². The highest BCUT2D eigenvalue weighted by Gasteiger charge is 2.27. The van der Waals surface area contributed by atoms with Crippen molar-refractivity contribution in [2.75, 3.05) is 33.2 Å². The molecule has 4 heteroatoms. The van der Waals surface area contributed by atoms with E-state index >= 15 is 0 Å². The van der Waals surface area contributed by atoms with Gasteiger partial charge in [-0.25, -0.2) is 4.79 Å². The highest BCUT2D eigenvalue weighted by molar-refractivity contribution is 5.66. The molecule has 1 saturated heterocycles. The molecule has 1 fully saturated rings. The molecule has 1 heterocycles. The number of likely N-dealkylation sites (N-methyl/N-ethyl adjacent to an activating group) is 1. The lowest BCUT2D eigenvalue weighted by molar-refractivity contribution is -0.809. The van der Waals surface area contributed by atoms with Crippen molar-refractivity contribution >= 4 is 5.91 Å². The molecule has 0 spiro atoms. The van der Waals surface area contributed by atoms with Crippen LogP contribution in [0.15, 0.2) is 0 Å². The number of nitrogens with zero attached hydrogens (tertiary/aromatic N) is 2. The molecule has 0 aromatic rings. The summed E-state index contributed by atoms with van der Waals surface area (Å²) in [6, 6.07) is 0. The van der Waals surface area contributed by atoms with Crippen LogP contribution in [0.4, 0.5) is 0 Å². The van der Waals surface area contributed by atoms with Crippen LogP contribution in [0.25, 0.3) is 0 Å². The molecule has 0 aromatic heterocycles. The zero-order valence-corrected chi connectivity index (χ0v) is 7.04. The van der Waals surface area contributed by atoms with E-state index in [2.05, 4.69) is 4.90 Å². The van der Waals surface area contributed by atoms with E-state index in [4.69, 9.17) is 0 Å². The molecule has 64 valence electrons. The van der Waals surface area contributed by atoms with Crippen LogP contribution >= 0.6 is 0 Å². The second-order valence-electron chi connectivity index (χ2n) is 3.16. The predicted octanol–water partition coefficient (Wildman–Crippen LogP) is -0.207. The van der Waals surface area contributed by atoms with E-state index in [1.807, 2.05) is 7.05 Å². The van der Waals surface area contributed by atoms with Gasteiger partial charge in [-0.05, 0) is 7.05 Å². The number of amides is 1. The molecule has 0 N–H and O–H groups in total. The van der Waals surface area contributed by atoms with Gasteiger partial charge >= 0.3 is 5.91 Å². The molecule has 0 radical (unpaired) electrons. The minimum atomic E-state index is -0.635. The standard InChI is InChI=1S/C7H14N2O2/c1-7(10)9(11)5-3-8(2)4-6-9/h3-6H2,1-2H3. The summed E-state index contributed by atoms with van der Waals surface area (Å²) in [6.07, 6.45) is 0. The van der Waals surface area contributed by atoms with Gasteiger partial charge in [-0.1, -0.05) is 0 Å². The first-order valence-corrected chi connectivity index (χ1v) is 3.82. The molecular weight excluding hydrogens is 144 g/mol. The minimum Gasteiger partial charge on any atom is -0.625 e. The lowest BCUT2D eigenvalue weighted by atomic mass is 10.3. The summed E-state index contributed by atoms with van der Waals surface area (Å²) in [6.45, 7) is 3.64. The maximum absolute atomic E-state index is 11.5. The zero-order chi connectivity index (χ0) is 8.48. The summed E-state index contributed by atoms with van der Waals surface area (Å²) in [4.78, 5) is 12.9. The van der Waals surface area contributed by atoms with Crippen molar-refractivity contribution in [1.82, 2.24) is 4.90 Å². The number of hydroxylamine groups is 3. The molecule has 1 amide bonds. The molecule has 0 atom stereocenters. The SMILES string of the molecule is CC(=O)[N+]1([O-])CCN(C)CC1. The largest absolute Gasteiger partial charge is 0.625 e. The van der Waals surface area contributed by atoms with Gasteiger partial charge in [0.05, 0.1) is 20.0 Å². The van der Waals surface area contributed by atoms with Crippen LogP contribution in [0.5, 0.6) is 0 Å². The normalized spacial score (nSPS) is 25.0. The number of piperazine rings is 1. The summed E-state index contributed by atoms with van der Waals surface area (Å²) in [5.74, 6) is -0.266. The van der Waals surface area contributed by atoms with Crippen LogP contribution in [-0.4, -0.2) is 48.7 Å². The van der Waals surface area contributed by atoms with Crippen LogP contribution < -0.4 is 0 Å². The van der Waals surface area contributed by atoms with Gasteiger partial charge in [0.15, 0.2) is 0 Å². The van der Waals surface area contributed by atoms with Gasteiger partial charge in [0.2, 0.25) is 0 Å². The molecule has 0 bridgehead atoms. The number of carbonyl (C=O) groups excluding carboxylic acids is 1. The van der Waals surface area contributed by atoms with Crippen molar-refractivity contribution in [1.29, 1.82) is 0 Å². The Bertz CT molecular complexity index is 162. The molecule has 0 unspecified atom stereocenters. The highest BCUT2D eigenvalue weighted by Crippen LogP contribution is 2.09. The number of hydrogen-bond acceptors (Lipinski definition) is 3. The van der Waals surface area contributed by atoms with Crippen molar-refractivity contribution in [2.45, 2.75) is 6.92 Å². The van der Waals surface area contributed by atoms with E-state index in [-0.39, 0.29) is 5.91 Å². The molecule has 0 aromatic carbocycles. The highest BCUT2D eigenvalue weighted by atomic mass is 16.6. The van der Waals surface area contributed by atoms with Gasteiger partial charge in [-0.2, -0.15) is 0 Å². The van der Waals surface area contributed by atoms with E-state index in [0.717, 1.165) is 13.1 Å². The molecule has 0 aliphatic carbocycles. The second kappa shape index (κ2) is 2.89. The van der Waals surface area contributed by atoms with E-state index in [1.165, 1.54) is 6.92 Å². The fraction of sp³-hybridized carbons (Fsp3) is 0.857. The maximum atomic E-state index is 11.5. The third-order valence-electron chi connectivity index (χ3n) is 2.26. The smallest absolute Gasteiger partial charge is 0.310 e. The zero-order valence-electron chi connectivity index (χ0n) is 7.04. The van der Waals surface area contributed by atoms with Crippen LogP contribution in [0, 0.1) is 5.21 Å². The van der Waals surface area contributed by atoms with Gasteiger partial charge < -0.3 is 5.21 Å². The monoisotopic (exact) mass is 158 g/mol. The van der Waals surface area contributed by atoms with Crippen molar-refractivity contribution in [3.8, 4) is 0 Å². The van der Waals surface area contributed by atoms with Crippen LogP contribution in [-0.2, 0) is 4.79 Å². The lowest BCUT2D eigenvalue weighted by Gasteiger charge is -2.44. The van der Waals surface area contributed by atoms with Crippen LogP contribution in [0.1, 0.15) is 6.92 Å². The van der Waals surface area contributed by atoms with E-state index in [0.29, 0.717) is 13.1 Å². The predicted molar refractivity (Wildman–Crippen MR) is 41.5 cm³/mol. The van der Waals surface area contributed by atoms with E-state index in [9.17, 15) is 10.0 Å². The maximum Gasteiger partial charge on any atom is 0.310 e. The van der Waals surface area contributed by atoms with Gasteiger partial charge in [-0.15, -0.1) is 0 Å². The first-order chi connectivity index (χ1) is 5.04. The number of quaternary nitrogens is 1. The Labute approximate surface area is 66.6 Å². The van der Waals surface area contributed by atoms with Crippen LogP contribution in [0.3, 0.4) is 0 Å². The third-order valence-corrected chi connectivity index (χ3v) is 2.26. The summed E-state index contributed by atoms with van der Waals surface area (Å²) in [5, 5.41) is 11.5. The molecule has 1 aliphatic heterocycles. The van der Waals surface area contributed by atoms with Crippen molar-refractivity contribution in [2.24, 2.45) is 0 Å². The summed E-state index contributed by atoms with van der Waals surface area (Å²) < 4.78 is -0.635. The third kappa shape index (κ3) is 1.77. The Morgan fingerprint density at radius 3 is 2.27 bits per heavy atom. The molecule has 1 rings (SSSR count). The fourth-order valence-electron chi connectivity index (χ4n) is 1.20. The molecular formula is C7H14N2O2. The topological polar surface area (TPSA) is 43.4 Å². The number of carbonyl (C=O) groups is 1. The Kier molecular flexibility index (Phi) is 2.27. The van der Waals surface area contributed by atoms with Crippen molar-refractivity contribution in [3.63, 3.8) is 0 Å². The Balaban J connectivity index is 2.55. The molecule has 4 nitrogen and oxygen atoms in total. The van der Waals surface area contributed by atoms with Gasteiger partial charge in [0.1, 0.15) is 0 Å².